The number of allylic oxidation sites excluding steroid dienone is 1. The van der Waals surface area contributed by atoms with Crippen LogP contribution in [0.3, 0.4) is 0 Å². The normalized spacial score (nSPS) is 16.0. The lowest BCUT2D eigenvalue weighted by molar-refractivity contribution is 0.1000. The minimum Gasteiger partial charge on any atom is -0.497 e. The van der Waals surface area contributed by atoms with E-state index >= 15 is 0 Å². The van der Waals surface area contributed by atoms with Crippen molar-refractivity contribution in [3.05, 3.63) is 143 Å². The number of carbonyl (C=O) groups excluding carboxylic acids is 1. The lowest BCUT2D eigenvalue weighted by atomic mass is 9.75. The number of primary amides is 1. The quantitative estimate of drug-likeness (QED) is 0.181. The minimum atomic E-state index is -0.463. The van der Waals surface area contributed by atoms with Gasteiger partial charge in [0.15, 0.2) is 0 Å². The molecule has 1 atom stereocenters. The van der Waals surface area contributed by atoms with E-state index in [9.17, 15) is 4.79 Å². The average molecular weight is 545 g/mol. The smallest absolute Gasteiger partial charge is 0.248 e. The molecule has 0 aliphatic carbocycles. The van der Waals surface area contributed by atoms with Crippen LogP contribution in [0.25, 0.3) is 0 Å². The number of ether oxygens (including phenoxy) is 2. The first-order valence-corrected chi connectivity index (χ1v) is 14.1. The van der Waals surface area contributed by atoms with Crippen LogP contribution in [0.1, 0.15) is 52.2 Å². The Balaban J connectivity index is 1.39. The van der Waals surface area contributed by atoms with Crippen LogP contribution in [0, 0.1) is 0 Å². The molecule has 0 saturated carbocycles. The summed E-state index contributed by atoms with van der Waals surface area (Å²) in [4.78, 5) is 16.7. The first kappa shape index (κ1) is 27.9. The second-order valence-electron chi connectivity index (χ2n) is 10.4. The number of amides is 1. The van der Waals surface area contributed by atoms with Gasteiger partial charge in [0.1, 0.15) is 11.5 Å². The van der Waals surface area contributed by atoms with E-state index in [0.717, 1.165) is 31.4 Å². The molecular weight excluding hydrogens is 508 g/mol. The van der Waals surface area contributed by atoms with E-state index < -0.39 is 5.91 Å². The first-order valence-electron chi connectivity index (χ1n) is 14.1. The lowest BCUT2D eigenvalue weighted by Crippen LogP contribution is -2.32. The Bertz CT molecular complexity index is 1460. The zero-order chi connectivity index (χ0) is 28.5. The highest BCUT2D eigenvalue weighted by atomic mass is 16.5. The van der Waals surface area contributed by atoms with E-state index in [-0.39, 0.29) is 11.5 Å². The predicted molar refractivity (Wildman–Crippen MR) is 165 cm³/mol. The van der Waals surface area contributed by atoms with Gasteiger partial charge in [-0.05, 0) is 77.9 Å². The molecule has 5 rings (SSSR count). The minimum absolute atomic E-state index is 0.216. The van der Waals surface area contributed by atoms with Crippen LogP contribution < -0.4 is 15.2 Å². The van der Waals surface area contributed by atoms with Gasteiger partial charge in [0.05, 0.1) is 19.3 Å². The maximum atomic E-state index is 11.6. The predicted octanol–water partition coefficient (Wildman–Crippen LogP) is 7.17. The molecule has 0 saturated heterocycles. The Labute approximate surface area is 242 Å². The van der Waals surface area contributed by atoms with Crippen LogP contribution in [0.5, 0.6) is 11.5 Å². The van der Waals surface area contributed by atoms with Gasteiger partial charge in [-0.2, -0.15) is 0 Å². The van der Waals surface area contributed by atoms with Crippen LogP contribution in [0.15, 0.2) is 126 Å². The molecule has 1 unspecified atom stereocenters. The molecule has 2 N–H and O–H groups in total. The molecule has 0 bridgehead atoms. The number of hydrogen-bond donors (Lipinski definition) is 1. The summed E-state index contributed by atoms with van der Waals surface area (Å²) in [6, 6.07) is 36.7. The van der Waals surface area contributed by atoms with Crippen molar-refractivity contribution >= 4 is 12.1 Å². The van der Waals surface area contributed by atoms with Crippen LogP contribution in [0.2, 0.25) is 0 Å². The molecule has 5 heteroatoms. The highest BCUT2D eigenvalue weighted by Crippen LogP contribution is 2.42. The summed E-state index contributed by atoms with van der Waals surface area (Å²) in [7, 11) is 1.69. The van der Waals surface area contributed by atoms with Crippen molar-refractivity contribution in [1.82, 2.24) is 0 Å². The number of carbonyl (C=O) groups is 1. The van der Waals surface area contributed by atoms with Crippen molar-refractivity contribution in [1.29, 1.82) is 0 Å². The van der Waals surface area contributed by atoms with Gasteiger partial charge in [0, 0.05) is 24.1 Å². The second-order valence-corrected chi connectivity index (χ2v) is 10.4. The molecule has 1 amide bonds. The van der Waals surface area contributed by atoms with Gasteiger partial charge in [-0.1, -0.05) is 78.9 Å². The molecule has 4 aromatic rings. The molecule has 208 valence electrons. The lowest BCUT2D eigenvalue weighted by Gasteiger charge is -2.33. The summed E-state index contributed by atoms with van der Waals surface area (Å²) in [5.41, 5.74) is 10.6. The summed E-state index contributed by atoms with van der Waals surface area (Å²) in [6.07, 6.45) is 7.46. The molecule has 5 nitrogen and oxygen atoms in total. The summed E-state index contributed by atoms with van der Waals surface area (Å²) in [5.74, 6) is 1.24. The molecule has 0 spiro atoms. The number of hydrogen-bond acceptors (Lipinski definition) is 4. The molecule has 1 aliphatic rings. The molecule has 4 aromatic carbocycles. The van der Waals surface area contributed by atoms with Crippen LogP contribution in [-0.4, -0.2) is 31.4 Å². The van der Waals surface area contributed by atoms with Crippen molar-refractivity contribution in [2.75, 3.05) is 13.7 Å². The number of methoxy groups -OCH3 is 1. The third-order valence-electron chi connectivity index (χ3n) is 7.80. The summed E-state index contributed by atoms with van der Waals surface area (Å²) < 4.78 is 11.4. The molecular formula is C36H36N2O3. The second kappa shape index (κ2) is 13.1. The zero-order valence-electron chi connectivity index (χ0n) is 23.4. The van der Waals surface area contributed by atoms with E-state index in [2.05, 4.69) is 78.9 Å². The van der Waals surface area contributed by atoms with Gasteiger partial charge in [-0.15, -0.1) is 0 Å². The fourth-order valence-corrected chi connectivity index (χ4v) is 5.63. The zero-order valence-corrected chi connectivity index (χ0v) is 23.4. The summed E-state index contributed by atoms with van der Waals surface area (Å²) >= 11 is 0. The van der Waals surface area contributed by atoms with Crippen molar-refractivity contribution in [2.24, 2.45) is 10.7 Å². The molecule has 0 aromatic heterocycles. The number of nitrogens with zero attached hydrogens (tertiary/aromatic N) is 1. The fourth-order valence-electron chi connectivity index (χ4n) is 5.63. The SMILES string of the molecule is COc1ccc(CC2(CCCOc3cccc(C(N)=O)c3)N=CC=C2CC(c2ccccc2)c2ccccc2)cc1. The molecule has 41 heavy (non-hydrogen) atoms. The van der Waals surface area contributed by atoms with Gasteiger partial charge in [0.2, 0.25) is 5.91 Å². The summed E-state index contributed by atoms with van der Waals surface area (Å²) in [5, 5.41) is 0. The number of nitrogens with two attached hydrogens (primary N) is 1. The average Bonchev–Trinajstić information content (AvgIpc) is 3.41. The van der Waals surface area contributed by atoms with E-state index in [1.54, 1.807) is 25.3 Å². The van der Waals surface area contributed by atoms with Gasteiger partial charge < -0.3 is 15.2 Å². The van der Waals surface area contributed by atoms with Gasteiger partial charge >= 0.3 is 0 Å². The van der Waals surface area contributed by atoms with E-state index in [1.165, 1.54) is 22.3 Å². The Morgan fingerprint density at radius 2 is 1.54 bits per heavy atom. The third kappa shape index (κ3) is 6.93. The highest BCUT2D eigenvalue weighted by molar-refractivity contribution is 5.93. The maximum absolute atomic E-state index is 11.6. The van der Waals surface area contributed by atoms with E-state index in [4.69, 9.17) is 20.2 Å². The van der Waals surface area contributed by atoms with Crippen molar-refractivity contribution in [3.8, 4) is 11.5 Å². The van der Waals surface area contributed by atoms with Crippen molar-refractivity contribution < 1.29 is 14.3 Å². The van der Waals surface area contributed by atoms with E-state index in [0.29, 0.717) is 17.9 Å². The highest BCUT2D eigenvalue weighted by Gasteiger charge is 2.37. The Kier molecular flexibility index (Phi) is 8.95. The Hall–Kier alpha value is -4.64. The number of rotatable bonds is 13. The fraction of sp³-hybridized carbons (Fsp3) is 0.222. The van der Waals surface area contributed by atoms with Crippen LogP contribution in [-0.2, 0) is 6.42 Å². The maximum Gasteiger partial charge on any atom is 0.248 e. The monoisotopic (exact) mass is 544 g/mol. The van der Waals surface area contributed by atoms with Gasteiger partial charge in [0.25, 0.3) is 0 Å². The standard InChI is InChI=1S/C36H36N2O3/c1-40-32-18-16-27(17-19-32)26-36(21-9-23-41-33-15-8-14-30(24-33)35(37)39)31(20-22-38-36)25-34(28-10-4-2-5-11-28)29-12-6-3-7-13-29/h2-8,10-20,22,24,34H,9,21,23,25-26H2,1H3,(H2,37,39). The van der Waals surface area contributed by atoms with Gasteiger partial charge in [-0.3, -0.25) is 9.79 Å². The molecule has 1 heterocycles. The Morgan fingerprint density at radius 1 is 0.854 bits per heavy atom. The molecule has 1 aliphatic heterocycles. The summed E-state index contributed by atoms with van der Waals surface area (Å²) in [6.45, 7) is 0.510. The molecule has 0 radical (unpaired) electrons. The third-order valence-corrected chi connectivity index (χ3v) is 7.80. The van der Waals surface area contributed by atoms with Crippen LogP contribution >= 0.6 is 0 Å². The Morgan fingerprint density at radius 3 is 2.17 bits per heavy atom. The van der Waals surface area contributed by atoms with E-state index in [1.807, 2.05) is 24.4 Å². The number of benzene rings is 4. The molecule has 0 fully saturated rings. The van der Waals surface area contributed by atoms with Crippen LogP contribution in [0.4, 0.5) is 0 Å². The topological polar surface area (TPSA) is 73.9 Å². The largest absolute Gasteiger partial charge is 0.497 e. The van der Waals surface area contributed by atoms with Crippen molar-refractivity contribution in [3.63, 3.8) is 0 Å². The number of aliphatic imine (C=N–C) groups is 1. The first-order chi connectivity index (χ1) is 20.1. The van der Waals surface area contributed by atoms with Gasteiger partial charge in [-0.25, -0.2) is 0 Å². The van der Waals surface area contributed by atoms with Crippen molar-refractivity contribution in [2.45, 2.75) is 37.1 Å².